The molecule has 0 spiro atoms. The highest BCUT2D eigenvalue weighted by atomic mass is 35.5. The van der Waals surface area contributed by atoms with Gasteiger partial charge >= 0.3 is 0 Å². The number of fused-ring (bicyclic) bond motifs is 1. The molecule has 1 N–H and O–H groups in total. The number of hydrogen-bond donors (Lipinski definition) is 1. The Morgan fingerprint density at radius 3 is 2.89 bits per heavy atom. The van der Waals surface area contributed by atoms with Crippen molar-refractivity contribution in [1.29, 1.82) is 0 Å². The van der Waals surface area contributed by atoms with E-state index < -0.39 is 0 Å². The molecule has 0 aliphatic rings. The van der Waals surface area contributed by atoms with Crippen molar-refractivity contribution in [2.45, 2.75) is 19.5 Å². The molecule has 6 heteroatoms. The van der Waals surface area contributed by atoms with Gasteiger partial charge in [-0.05, 0) is 19.1 Å². The van der Waals surface area contributed by atoms with Crippen LogP contribution in [-0.4, -0.2) is 40.3 Å². The average molecular weight is 281 g/mol. The molecular formula is C13H17ClN4O. The lowest BCUT2D eigenvalue weighted by Crippen LogP contribution is -2.41. The molecule has 1 unspecified atom stereocenters. The van der Waals surface area contributed by atoms with Crippen molar-refractivity contribution in [2.24, 2.45) is 0 Å². The minimum absolute atomic E-state index is 0.0480. The van der Waals surface area contributed by atoms with Gasteiger partial charge in [-0.3, -0.25) is 4.79 Å². The van der Waals surface area contributed by atoms with Crippen LogP contribution >= 0.6 is 11.6 Å². The second kappa shape index (κ2) is 5.59. The first-order chi connectivity index (χ1) is 8.97. The van der Waals surface area contributed by atoms with Crippen LogP contribution in [0.25, 0.3) is 5.65 Å². The smallest absolute Gasteiger partial charge is 0.238 e. The Morgan fingerprint density at radius 1 is 1.47 bits per heavy atom. The molecule has 0 fully saturated rings. The second-order valence-corrected chi connectivity index (χ2v) is 5.12. The van der Waals surface area contributed by atoms with Crippen LogP contribution in [0.15, 0.2) is 24.5 Å². The van der Waals surface area contributed by atoms with Gasteiger partial charge in [-0.25, -0.2) is 4.98 Å². The summed E-state index contributed by atoms with van der Waals surface area (Å²) >= 11 is 5.92. The molecule has 2 rings (SSSR count). The summed E-state index contributed by atoms with van der Waals surface area (Å²) in [5, 5.41) is 3.82. The Balaban J connectivity index is 2.04. The SMILES string of the molecule is CC(NCc1cn2cc(Cl)ccc2n1)C(=O)N(C)C. The fourth-order valence-corrected chi connectivity index (χ4v) is 2.00. The van der Waals surface area contributed by atoms with Gasteiger partial charge in [-0.1, -0.05) is 11.6 Å². The van der Waals surface area contributed by atoms with Crippen molar-refractivity contribution in [2.75, 3.05) is 14.1 Å². The van der Waals surface area contributed by atoms with E-state index in [-0.39, 0.29) is 11.9 Å². The first-order valence-electron chi connectivity index (χ1n) is 6.05. The summed E-state index contributed by atoms with van der Waals surface area (Å²) in [4.78, 5) is 17.7. The van der Waals surface area contributed by atoms with Crippen LogP contribution in [0, 0.1) is 0 Å². The number of carbonyl (C=O) groups excluding carboxylic acids is 1. The van der Waals surface area contributed by atoms with E-state index in [1.54, 1.807) is 25.1 Å². The third-order valence-electron chi connectivity index (χ3n) is 2.87. The molecule has 19 heavy (non-hydrogen) atoms. The zero-order valence-electron chi connectivity index (χ0n) is 11.2. The fourth-order valence-electron chi connectivity index (χ4n) is 1.83. The van der Waals surface area contributed by atoms with Gasteiger partial charge in [-0.15, -0.1) is 0 Å². The van der Waals surface area contributed by atoms with E-state index in [9.17, 15) is 4.79 Å². The topological polar surface area (TPSA) is 49.6 Å². The van der Waals surface area contributed by atoms with Gasteiger partial charge in [0.25, 0.3) is 0 Å². The summed E-state index contributed by atoms with van der Waals surface area (Å²) in [6.07, 6.45) is 3.71. The number of likely N-dealkylation sites (N-methyl/N-ethyl adjacent to an activating group) is 1. The number of nitrogens with one attached hydrogen (secondary N) is 1. The largest absolute Gasteiger partial charge is 0.347 e. The molecule has 5 nitrogen and oxygen atoms in total. The summed E-state index contributed by atoms with van der Waals surface area (Å²) in [5.74, 6) is 0.0480. The van der Waals surface area contributed by atoms with E-state index in [4.69, 9.17) is 11.6 Å². The second-order valence-electron chi connectivity index (χ2n) is 4.68. The van der Waals surface area contributed by atoms with Gasteiger partial charge in [-0.2, -0.15) is 0 Å². The summed E-state index contributed by atoms with van der Waals surface area (Å²) in [5.41, 5.74) is 1.72. The normalized spacial score (nSPS) is 12.6. The Labute approximate surface area is 117 Å². The molecule has 102 valence electrons. The minimum Gasteiger partial charge on any atom is -0.347 e. The van der Waals surface area contributed by atoms with Gasteiger partial charge in [0.1, 0.15) is 5.65 Å². The standard InChI is InChI=1S/C13H17ClN4O/c1-9(13(19)17(2)3)15-6-11-8-18-7-10(14)4-5-12(18)16-11/h4-5,7-9,15H,6H2,1-3H3. The van der Waals surface area contributed by atoms with Gasteiger partial charge < -0.3 is 14.6 Å². The van der Waals surface area contributed by atoms with Gasteiger partial charge in [0.05, 0.1) is 16.8 Å². The Morgan fingerprint density at radius 2 is 2.21 bits per heavy atom. The van der Waals surface area contributed by atoms with Crippen LogP contribution in [0.4, 0.5) is 0 Å². The number of carbonyl (C=O) groups is 1. The first kappa shape index (κ1) is 13.8. The van der Waals surface area contributed by atoms with Crippen LogP contribution in [0.1, 0.15) is 12.6 Å². The van der Waals surface area contributed by atoms with Crippen LogP contribution < -0.4 is 5.32 Å². The van der Waals surface area contributed by atoms with Crippen LogP contribution in [0.5, 0.6) is 0 Å². The molecule has 0 aliphatic heterocycles. The lowest BCUT2D eigenvalue weighted by Gasteiger charge is -2.17. The van der Waals surface area contributed by atoms with E-state index >= 15 is 0 Å². The zero-order valence-corrected chi connectivity index (χ0v) is 12.0. The van der Waals surface area contributed by atoms with Crippen molar-refractivity contribution in [1.82, 2.24) is 19.6 Å². The molecule has 1 amide bonds. The Kier molecular flexibility index (Phi) is 4.07. The predicted octanol–water partition coefficient (Wildman–Crippen LogP) is 1.55. The lowest BCUT2D eigenvalue weighted by molar-refractivity contribution is -0.130. The summed E-state index contributed by atoms with van der Waals surface area (Å²) in [6.45, 7) is 2.38. The van der Waals surface area contributed by atoms with E-state index in [2.05, 4.69) is 10.3 Å². The molecule has 2 aromatic heterocycles. The quantitative estimate of drug-likeness (QED) is 0.925. The highest BCUT2D eigenvalue weighted by Crippen LogP contribution is 2.11. The predicted molar refractivity (Wildman–Crippen MR) is 75.2 cm³/mol. The van der Waals surface area contributed by atoms with Crippen molar-refractivity contribution in [3.05, 3.63) is 35.2 Å². The molecular weight excluding hydrogens is 264 g/mol. The molecule has 0 aliphatic carbocycles. The zero-order chi connectivity index (χ0) is 14.0. The number of hydrogen-bond acceptors (Lipinski definition) is 3. The summed E-state index contributed by atoms with van der Waals surface area (Å²) < 4.78 is 1.87. The molecule has 2 heterocycles. The number of pyridine rings is 1. The molecule has 0 saturated heterocycles. The van der Waals surface area contributed by atoms with Crippen molar-refractivity contribution in [3.8, 4) is 0 Å². The third-order valence-corrected chi connectivity index (χ3v) is 3.09. The van der Waals surface area contributed by atoms with Gasteiger partial charge in [0.15, 0.2) is 0 Å². The number of imidazole rings is 1. The highest BCUT2D eigenvalue weighted by molar-refractivity contribution is 6.30. The third kappa shape index (κ3) is 3.24. The van der Waals surface area contributed by atoms with Crippen molar-refractivity contribution >= 4 is 23.2 Å². The summed E-state index contributed by atoms with van der Waals surface area (Å²) in [7, 11) is 3.49. The number of rotatable bonds is 4. The highest BCUT2D eigenvalue weighted by Gasteiger charge is 2.14. The van der Waals surface area contributed by atoms with E-state index in [1.807, 2.05) is 29.8 Å². The molecule has 0 radical (unpaired) electrons. The number of aromatic nitrogens is 2. The monoisotopic (exact) mass is 280 g/mol. The maximum absolute atomic E-state index is 11.7. The first-order valence-corrected chi connectivity index (χ1v) is 6.43. The summed E-state index contributed by atoms with van der Waals surface area (Å²) in [6, 6.07) is 3.43. The Bertz CT molecular complexity index is 593. The van der Waals surface area contributed by atoms with Crippen molar-refractivity contribution < 1.29 is 4.79 Å². The van der Waals surface area contributed by atoms with E-state index in [0.29, 0.717) is 11.6 Å². The average Bonchev–Trinajstić information content (AvgIpc) is 2.76. The molecule has 1 atom stereocenters. The molecule has 0 aromatic carbocycles. The van der Waals surface area contributed by atoms with Crippen LogP contribution in [0.2, 0.25) is 5.02 Å². The number of halogens is 1. The number of amides is 1. The van der Waals surface area contributed by atoms with Crippen LogP contribution in [-0.2, 0) is 11.3 Å². The number of nitrogens with zero attached hydrogens (tertiary/aromatic N) is 3. The maximum atomic E-state index is 11.7. The fraction of sp³-hybridized carbons (Fsp3) is 0.385. The van der Waals surface area contributed by atoms with Crippen LogP contribution in [0.3, 0.4) is 0 Å². The lowest BCUT2D eigenvalue weighted by atomic mass is 10.3. The molecule has 2 aromatic rings. The Hall–Kier alpha value is -1.59. The van der Waals surface area contributed by atoms with E-state index in [1.165, 1.54) is 0 Å². The van der Waals surface area contributed by atoms with Gasteiger partial charge in [0, 0.05) is 33.0 Å². The van der Waals surface area contributed by atoms with Gasteiger partial charge in [0.2, 0.25) is 5.91 Å². The molecule has 0 bridgehead atoms. The minimum atomic E-state index is -0.233. The maximum Gasteiger partial charge on any atom is 0.238 e. The van der Waals surface area contributed by atoms with E-state index in [0.717, 1.165) is 11.3 Å². The van der Waals surface area contributed by atoms with Crippen molar-refractivity contribution in [3.63, 3.8) is 0 Å². The molecule has 0 saturated carbocycles.